The van der Waals surface area contributed by atoms with E-state index < -0.39 is 0 Å². The first-order chi connectivity index (χ1) is 18.2. The maximum Gasteiger partial charge on any atom is 0.270 e. The Morgan fingerprint density at radius 1 is 1.16 bits per heavy atom. The van der Waals surface area contributed by atoms with Crippen molar-refractivity contribution in [3.63, 3.8) is 0 Å². The Labute approximate surface area is 222 Å². The number of aromatic nitrogens is 2. The first-order valence-corrected chi connectivity index (χ1v) is 12.4. The van der Waals surface area contributed by atoms with Crippen LogP contribution in [0.3, 0.4) is 0 Å². The number of hydrazone groups is 1. The van der Waals surface area contributed by atoms with Crippen molar-refractivity contribution < 1.29 is 24.5 Å². The van der Waals surface area contributed by atoms with Gasteiger partial charge in [0.15, 0.2) is 5.84 Å². The third-order valence-electron chi connectivity index (χ3n) is 5.42. The molecule has 8 N–H and O–H groups in total. The Hall–Kier alpha value is -3.81. The lowest BCUT2D eigenvalue weighted by atomic mass is 9.95. The Kier molecular flexibility index (Phi) is 12.9. The van der Waals surface area contributed by atoms with E-state index in [9.17, 15) is 9.59 Å². The predicted molar refractivity (Wildman–Crippen MR) is 142 cm³/mol. The normalized spacial score (nSPS) is 13.7. The van der Waals surface area contributed by atoms with Crippen molar-refractivity contribution in [1.29, 1.82) is 0 Å². The van der Waals surface area contributed by atoms with Gasteiger partial charge in [0.2, 0.25) is 5.91 Å². The van der Waals surface area contributed by atoms with Gasteiger partial charge in [0.05, 0.1) is 6.61 Å². The molecule has 1 fully saturated rings. The van der Waals surface area contributed by atoms with Crippen LogP contribution in [0, 0.1) is 6.92 Å². The second-order valence-electron chi connectivity index (χ2n) is 8.71. The van der Waals surface area contributed by atoms with Crippen LogP contribution in [-0.2, 0) is 11.3 Å². The quantitative estimate of drug-likeness (QED) is 0.105. The molecule has 0 aliphatic heterocycles. The third kappa shape index (κ3) is 11.1. The lowest BCUT2D eigenvalue weighted by molar-refractivity contribution is -0.124. The van der Waals surface area contributed by atoms with E-state index in [-0.39, 0.29) is 49.7 Å². The Morgan fingerprint density at radius 3 is 2.53 bits per heavy atom. The standard InChI is InChI=1S/C17H23N7O3.C8H15NO2/c1-11-21-14(16(18)23-24(2)19)9-15(22-11)17(26)20-10-12-4-3-5-13(8-12)27-7-6-25;10-6-8(11)9-7-4-2-1-3-5-7/h3-5,8-9,25H,6-7,10,19H2,1-2H3,(H2,18,23)(H,20,26);7,10H,1-6H2,(H,9,11). The molecule has 13 heteroatoms. The molecule has 0 atom stereocenters. The molecule has 2 aromatic rings. The molecule has 0 saturated heterocycles. The highest BCUT2D eigenvalue weighted by molar-refractivity contribution is 5.99. The van der Waals surface area contributed by atoms with Crippen LogP contribution >= 0.6 is 0 Å². The van der Waals surface area contributed by atoms with Gasteiger partial charge in [-0.25, -0.2) is 20.9 Å². The van der Waals surface area contributed by atoms with Crippen molar-refractivity contribution in [2.45, 2.75) is 51.6 Å². The van der Waals surface area contributed by atoms with Gasteiger partial charge in [-0.05, 0) is 43.5 Å². The van der Waals surface area contributed by atoms with Crippen LogP contribution in [0.1, 0.15) is 59.7 Å². The molecule has 1 aliphatic carbocycles. The zero-order chi connectivity index (χ0) is 27.9. The number of aliphatic hydroxyl groups is 2. The van der Waals surface area contributed by atoms with Crippen LogP contribution in [0.15, 0.2) is 35.4 Å². The van der Waals surface area contributed by atoms with Crippen LogP contribution in [0.2, 0.25) is 0 Å². The molecule has 2 amide bonds. The number of nitrogens with two attached hydrogens (primary N) is 2. The topological polar surface area (TPSA) is 201 Å². The van der Waals surface area contributed by atoms with Gasteiger partial charge in [0.1, 0.15) is 36.2 Å². The number of nitrogens with zero attached hydrogens (tertiary/aromatic N) is 4. The number of aryl methyl sites for hydroxylation is 1. The number of amides is 2. The minimum absolute atomic E-state index is 0.0667. The molecule has 0 spiro atoms. The highest BCUT2D eigenvalue weighted by Gasteiger charge is 2.15. The van der Waals surface area contributed by atoms with Crippen LogP contribution in [0.4, 0.5) is 0 Å². The maximum absolute atomic E-state index is 12.4. The van der Waals surface area contributed by atoms with Crippen LogP contribution in [0.5, 0.6) is 5.75 Å². The number of amidine groups is 1. The second kappa shape index (κ2) is 16.1. The monoisotopic (exact) mass is 530 g/mol. The van der Waals surface area contributed by atoms with Gasteiger partial charge in [-0.3, -0.25) is 9.59 Å². The average Bonchev–Trinajstić information content (AvgIpc) is 2.91. The van der Waals surface area contributed by atoms with Crippen molar-refractivity contribution in [2.75, 3.05) is 26.9 Å². The Bertz CT molecular complexity index is 1070. The summed E-state index contributed by atoms with van der Waals surface area (Å²) in [5.41, 5.74) is 7.15. The van der Waals surface area contributed by atoms with Crippen LogP contribution in [-0.4, -0.2) is 75.9 Å². The summed E-state index contributed by atoms with van der Waals surface area (Å²) in [4.78, 5) is 31.5. The van der Waals surface area contributed by atoms with E-state index in [2.05, 4.69) is 25.7 Å². The largest absolute Gasteiger partial charge is 0.491 e. The molecule has 208 valence electrons. The minimum Gasteiger partial charge on any atom is -0.491 e. The summed E-state index contributed by atoms with van der Waals surface area (Å²) in [7, 11) is 1.52. The smallest absolute Gasteiger partial charge is 0.270 e. The van der Waals surface area contributed by atoms with Crippen molar-refractivity contribution in [3.05, 3.63) is 53.1 Å². The molecule has 0 radical (unpaired) electrons. The van der Waals surface area contributed by atoms with Crippen molar-refractivity contribution >= 4 is 17.6 Å². The molecule has 13 nitrogen and oxygen atoms in total. The van der Waals surface area contributed by atoms with E-state index in [0.717, 1.165) is 23.5 Å². The molecule has 0 unspecified atom stereocenters. The first kappa shape index (κ1) is 30.4. The van der Waals surface area contributed by atoms with Crippen LogP contribution < -0.4 is 26.9 Å². The average molecular weight is 531 g/mol. The number of carbonyl (C=O) groups excluding carboxylic acids is 2. The third-order valence-corrected chi connectivity index (χ3v) is 5.42. The van der Waals surface area contributed by atoms with E-state index >= 15 is 0 Å². The molecule has 1 aliphatic rings. The van der Waals surface area contributed by atoms with E-state index in [4.69, 9.17) is 26.5 Å². The number of nitrogens with one attached hydrogen (secondary N) is 2. The van der Waals surface area contributed by atoms with E-state index in [0.29, 0.717) is 23.3 Å². The van der Waals surface area contributed by atoms with E-state index in [1.807, 2.05) is 12.1 Å². The van der Waals surface area contributed by atoms with Gasteiger partial charge in [0, 0.05) is 19.6 Å². The minimum atomic E-state index is -0.378. The highest BCUT2D eigenvalue weighted by Crippen LogP contribution is 2.17. The molecule has 0 bridgehead atoms. The molecule has 3 rings (SSSR count). The maximum atomic E-state index is 12.4. The van der Waals surface area contributed by atoms with E-state index in [1.165, 1.54) is 32.4 Å². The number of aliphatic hydroxyl groups excluding tert-OH is 2. The lowest BCUT2D eigenvalue weighted by Crippen LogP contribution is -2.37. The fourth-order valence-electron chi connectivity index (χ4n) is 3.74. The first-order valence-electron chi connectivity index (χ1n) is 12.4. The molecular weight excluding hydrogens is 492 g/mol. The van der Waals surface area contributed by atoms with Gasteiger partial charge in [-0.15, -0.1) is 5.10 Å². The SMILES string of the molecule is Cc1nc(C(=O)NCc2cccc(OCCO)c2)cc(/C(N)=N/N(C)N)n1.O=C(CO)NC1CCCCC1. The predicted octanol–water partition coefficient (Wildman–Crippen LogP) is -0.0605. The molecular formula is C25H38N8O5. The van der Waals surface area contributed by atoms with Crippen LogP contribution in [0.25, 0.3) is 0 Å². The zero-order valence-electron chi connectivity index (χ0n) is 21.9. The zero-order valence-corrected chi connectivity index (χ0v) is 21.9. The van der Waals surface area contributed by atoms with E-state index in [1.54, 1.807) is 19.1 Å². The van der Waals surface area contributed by atoms with Gasteiger partial charge in [-0.1, -0.05) is 31.4 Å². The van der Waals surface area contributed by atoms with Gasteiger partial charge in [-0.2, -0.15) is 0 Å². The van der Waals surface area contributed by atoms with Gasteiger partial charge < -0.3 is 31.3 Å². The van der Waals surface area contributed by atoms with Crippen molar-refractivity contribution in [2.24, 2.45) is 16.7 Å². The molecule has 1 heterocycles. The number of hydrogen-bond acceptors (Lipinski definition) is 10. The van der Waals surface area contributed by atoms with Gasteiger partial charge in [0.25, 0.3) is 5.91 Å². The fraction of sp³-hybridized carbons (Fsp3) is 0.480. The fourth-order valence-corrected chi connectivity index (χ4v) is 3.74. The van der Waals surface area contributed by atoms with Gasteiger partial charge >= 0.3 is 0 Å². The number of hydrogen-bond donors (Lipinski definition) is 6. The summed E-state index contributed by atoms with van der Waals surface area (Å²) >= 11 is 0. The molecule has 1 aromatic heterocycles. The lowest BCUT2D eigenvalue weighted by Gasteiger charge is -2.22. The van der Waals surface area contributed by atoms with Crippen molar-refractivity contribution in [3.8, 4) is 5.75 Å². The number of carbonyl (C=O) groups is 2. The summed E-state index contributed by atoms with van der Waals surface area (Å²) in [6.45, 7) is 1.70. The summed E-state index contributed by atoms with van der Waals surface area (Å²) < 4.78 is 5.35. The molecule has 38 heavy (non-hydrogen) atoms. The molecule has 1 saturated carbocycles. The Balaban J connectivity index is 0.000000384. The number of rotatable bonds is 10. The number of ether oxygens (including phenoxy) is 1. The van der Waals surface area contributed by atoms with Crippen molar-refractivity contribution in [1.82, 2.24) is 25.7 Å². The second-order valence-corrected chi connectivity index (χ2v) is 8.71. The highest BCUT2D eigenvalue weighted by atomic mass is 16.5. The molecule has 1 aromatic carbocycles. The summed E-state index contributed by atoms with van der Waals surface area (Å²) in [6, 6.07) is 8.99. The summed E-state index contributed by atoms with van der Waals surface area (Å²) in [6.07, 6.45) is 5.84. The Morgan fingerprint density at radius 2 is 1.87 bits per heavy atom. The summed E-state index contributed by atoms with van der Waals surface area (Å²) in [5, 5.41) is 27.7. The number of hydrazine groups is 1. The number of benzene rings is 1. The summed E-state index contributed by atoms with van der Waals surface area (Å²) in [5.74, 6) is 5.90.